The highest BCUT2D eigenvalue weighted by atomic mass is 79.9. The second-order valence-electron chi connectivity index (χ2n) is 5.49. The van der Waals surface area contributed by atoms with Crippen molar-refractivity contribution in [2.75, 3.05) is 0 Å². The van der Waals surface area contributed by atoms with E-state index in [0.29, 0.717) is 20.3 Å². The zero-order valence-electron chi connectivity index (χ0n) is 13.8. The van der Waals surface area contributed by atoms with Gasteiger partial charge in [-0.05, 0) is 58.4 Å². The molecule has 1 aliphatic heterocycles. The zero-order valence-corrected chi connectivity index (χ0v) is 17.0. The van der Waals surface area contributed by atoms with Gasteiger partial charge in [-0.2, -0.15) is 0 Å². The van der Waals surface area contributed by atoms with Crippen LogP contribution in [0.25, 0.3) is 6.08 Å². The van der Waals surface area contributed by atoms with Crippen LogP contribution in [0.3, 0.4) is 0 Å². The number of ether oxygens (including phenoxy) is 2. The number of aliphatic imine (C=N–C) groups is 1. The van der Waals surface area contributed by atoms with Crippen LogP contribution in [0, 0.1) is 0 Å². The molecular formula is C19H9Br2NO6. The summed E-state index contributed by atoms with van der Waals surface area (Å²) in [7, 11) is 0. The van der Waals surface area contributed by atoms with Crippen molar-refractivity contribution in [2.24, 2.45) is 4.99 Å². The molecule has 2 aromatic heterocycles. The van der Waals surface area contributed by atoms with Gasteiger partial charge in [-0.25, -0.2) is 14.6 Å². The molecule has 3 heterocycles. The molecule has 0 fully saturated rings. The molecule has 140 valence electrons. The number of cyclic esters (lactones) is 1. The van der Waals surface area contributed by atoms with Crippen molar-refractivity contribution in [2.45, 2.75) is 0 Å². The van der Waals surface area contributed by atoms with E-state index in [4.69, 9.17) is 18.3 Å². The Kier molecular flexibility index (Phi) is 5.01. The maximum absolute atomic E-state index is 12.3. The van der Waals surface area contributed by atoms with Crippen molar-refractivity contribution in [3.8, 4) is 5.75 Å². The van der Waals surface area contributed by atoms with Gasteiger partial charge in [0.25, 0.3) is 5.90 Å². The van der Waals surface area contributed by atoms with Crippen LogP contribution in [0.5, 0.6) is 5.75 Å². The Hall–Kier alpha value is -2.91. The van der Waals surface area contributed by atoms with Gasteiger partial charge >= 0.3 is 11.9 Å². The number of furan rings is 2. The highest BCUT2D eigenvalue weighted by Crippen LogP contribution is 2.35. The SMILES string of the molecule is O=C1OC(c2ccco2)=N/C1=C/c1cc(Br)cc(Br)c1OC(=O)c1ccco1. The second kappa shape index (κ2) is 7.61. The fraction of sp³-hybridized carbons (Fsp3) is 0. The summed E-state index contributed by atoms with van der Waals surface area (Å²) in [5, 5.41) is 0. The Balaban J connectivity index is 1.72. The zero-order chi connectivity index (χ0) is 19.7. The minimum Gasteiger partial charge on any atom is -0.459 e. The average Bonchev–Trinajstić information content (AvgIpc) is 3.40. The summed E-state index contributed by atoms with van der Waals surface area (Å²) in [5.41, 5.74) is 0.462. The van der Waals surface area contributed by atoms with Crippen LogP contribution < -0.4 is 4.74 Å². The summed E-state index contributed by atoms with van der Waals surface area (Å²) in [5.74, 6) is -0.688. The number of benzene rings is 1. The number of hydrogen-bond donors (Lipinski definition) is 0. The fourth-order valence-electron chi connectivity index (χ4n) is 2.39. The summed E-state index contributed by atoms with van der Waals surface area (Å²) in [6.07, 6.45) is 4.28. The van der Waals surface area contributed by atoms with Gasteiger partial charge < -0.3 is 18.3 Å². The summed E-state index contributed by atoms with van der Waals surface area (Å²) in [6.45, 7) is 0. The van der Waals surface area contributed by atoms with Crippen LogP contribution in [-0.2, 0) is 9.53 Å². The molecule has 0 bridgehead atoms. The third kappa shape index (κ3) is 3.71. The van der Waals surface area contributed by atoms with Gasteiger partial charge in [0.15, 0.2) is 17.2 Å². The molecule has 0 spiro atoms. The molecule has 3 aromatic rings. The number of hydrogen-bond acceptors (Lipinski definition) is 7. The molecule has 1 aliphatic rings. The highest BCUT2D eigenvalue weighted by molar-refractivity contribution is 9.11. The van der Waals surface area contributed by atoms with Crippen LogP contribution in [0.15, 0.2) is 77.4 Å². The third-order valence-electron chi connectivity index (χ3n) is 3.60. The number of esters is 2. The molecule has 0 radical (unpaired) electrons. The summed E-state index contributed by atoms with van der Waals surface area (Å²) in [6, 6.07) is 9.73. The van der Waals surface area contributed by atoms with Crippen molar-refractivity contribution < 1.29 is 27.9 Å². The van der Waals surface area contributed by atoms with Crippen molar-refractivity contribution in [3.05, 3.63) is 80.7 Å². The molecule has 0 atom stereocenters. The molecule has 0 unspecified atom stereocenters. The average molecular weight is 507 g/mol. The first-order valence-corrected chi connectivity index (χ1v) is 9.41. The van der Waals surface area contributed by atoms with Gasteiger partial charge in [-0.15, -0.1) is 0 Å². The van der Waals surface area contributed by atoms with Crippen LogP contribution in [0.4, 0.5) is 0 Å². The monoisotopic (exact) mass is 505 g/mol. The van der Waals surface area contributed by atoms with E-state index in [1.54, 1.807) is 30.3 Å². The maximum Gasteiger partial charge on any atom is 0.379 e. The van der Waals surface area contributed by atoms with Crippen molar-refractivity contribution >= 4 is 55.8 Å². The van der Waals surface area contributed by atoms with E-state index in [9.17, 15) is 9.59 Å². The summed E-state index contributed by atoms with van der Waals surface area (Å²) < 4.78 is 22.0. The molecule has 4 rings (SSSR count). The maximum atomic E-state index is 12.3. The van der Waals surface area contributed by atoms with Gasteiger partial charge in [0, 0.05) is 10.0 Å². The standard InChI is InChI=1S/C19H9Br2NO6/c20-11-7-10(8-13-18(23)28-17(22-13)14-3-1-5-25-14)16(12(21)9-11)27-19(24)15-4-2-6-26-15/h1-9H/b13-8+. The molecule has 9 heteroatoms. The third-order valence-corrected chi connectivity index (χ3v) is 4.65. The minimum absolute atomic E-state index is 0.0340. The Morgan fingerprint density at radius 3 is 2.61 bits per heavy atom. The second-order valence-corrected chi connectivity index (χ2v) is 7.26. The number of nitrogens with zero attached hydrogens (tertiary/aromatic N) is 1. The highest BCUT2D eigenvalue weighted by Gasteiger charge is 2.27. The van der Waals surface area contributed by atoms with Gasteiger partial charge in [-0.3, -0.25) is 0 Å². The summed E-state index contributed by atoms with van der Waals surface area (Å²) in [4.78, 5) is 28.6. The lowest BCUT2D eigenvalue weighted by atomic mass is 10.1. The Morgan fingerprint density at radius 1 is 1.11 bits per heavy atom. The fourth-order valence-corrected chi connectivity index (χ4v) is 3.73. The molecule has 0 N–H and O–H groups in total. The number of carbonyl (C=O) groups is 2. The molecular weight excluding hydrogens is 498 g/mol. The molecule has 1 aromatic carbocycles. The first-order chi connectivity index (χ1) is 13.5. The van der Waals surface area contributed by atoms with E-state index in [-0.39, 0.29) is 23.1 Å². The molecule has 0 saturated carbocycles. The topological polar surface area (TPSA) is 91.2 Å². The van der Waals surface area contributed by atoms with E-state index >= 15 is 0 Å². The predicted octanol–water partition coefficient (Wildman–Crippen LogP) is 4.96. The lowest BCUT2D eigenvalue weighted by Gasteiger charge is -2.10. The number of halogens is 2. The minimum atomic E-state index is -0.679. The van der Waals surface area contributed by atoms with Crippen LogP contribution >= 0.6 is 31.9 Å². The van der Waals surface area contributed by atoms with Gasteiger partial charge in [0.05, 0.1) is 17.0 Å². The lowest BCUT2D eigenvalue weighted by Crippen LogP contribution is -2.09. The summed E-state index contributed by atoms with van der Waals surface area (Å²) >= 11 is 6.74. The van der Waals surface area contributed by atoms with E-state index < -0.39 is 11.9 Å². The normalized spacial score (nSPS) is 14.9. The molecule has 28 heavy (non-hydrogen) atoms. The Bertz CT molecular complexity index is 1110. The quantitative estimate of drug-likeness (QED) is 0.282. The van der Waals surface area contributed by atoms with E-state index in [2.05, 4.69) is 36.9 Å². The van der Waals surface area contributed by atoms with E-state index in [0.717, 1.165) is 0 Å². The van der Waals surface area contributed by atoms with Crippen LogP contribution in [0.2, 0.25) is 0 Å². The van der Waals surface area contributed by atoms with Crippen molar-refractivity contribution in [1.82, 2.24) is 0 Å². The Morgan fingerprint density at radius 2 is 1.89 bits per heavy atom. The number of rotatable bonds is 4. The van der Waals surface area contributed by atoms with E-state index in [1.807, 2.05) is 0 Å². The van der Waals surface area contributed by atoms with Gasteiger partial charge in [0.2, 0.25) is 5.76 Å². The van der Waals surface area contributed by atoms with Crippen molar-refractivity contribution in [3.63, 3.8) is 0 Å². The first kappa shape index (κ1) is 18.5. The largest absolute Gasteiger partial charge is 0.459 e. The predicted molar refractivity (Wildman–Crippen MR) is 105 cm³/mol. The molecule has 0 amide bonds. The number of carbonyl (C=O) groups excluding carboxylic acids is 2. The van der Waals surface area contributed by atoms with E-state index in [1.165, 1.54) is 24.7 Å². The first-order valence-electron chi connectivity index (χ1n) is 7.82. The van der Waals surface area contributed by atoms with Crippen LogP contribution in [0.1, 0.15) is 21.9 Å². The van der Waals surface area contributed by atoms with Gasteiger partial charge in [-0.1, -0.05) is 15.9 Å². The van der Waals surface area contributed by atoms with Gasteiger partial charge in [0.1, 0.15) is 0 Å². The Labute approximate surface area is 174 Å². The van der Waals surface area contributed by atoms with Crippen LogP contribution in [-0.4, -0.2) is 17.8 Å². The molecule has 7 nitrogen and oxygen atoms in total. The molecule has 0 saturated heterocycles. The van der Waals surface area contributed by atoms with Crippen molar-refractivity contribution in [1.29, 1.82) is 0 Å². The lowest BCUT2D eigenvalue weighted by molar-refractivity contribution is -0.130. The smallest absolute Gasteiger partial charge is 0.379 e. The molecule has 0 aliphatic carbocycles.